The summed E-state index contributed by atoms with van der Waals surface area (Å²) in [5.41, 5.74) is 5.15. The van der Waals surface area contributed by atoms with E-state index in [-0.39, 0.29) is 37.4 Å². The molecule has 0 aliphatic rings. The van der Waals surface area contributed by atoms with Crippen molar-refractivity contribution >= 4 is 11.9 Å². The van der Waals surface area contributed by atoms with E-state index < -0.39 is 24.1 Å². The van der Waals surface area contributed by atoms with Gasteiger partial charge in [0, 0.05) is 0 Å². The smallest absolute Gasteiger partial charge is 1.00 e. The first kappa shape index (κ1) is 19.0. The van der Waals surface area contributed by atoms with Crippen molar-refractivity contribution in [1.29, 1.82) is 0 Å². The van der Waals surface area contributed by atoms with E-state index in [1.807, 2.05) is 0 Å². The van der Waals surface area contributed by atoms with Gasteiger partial charge in [0.25, 0.3) is 0 Å². The van der Waals surface area contributed by atoms with Crippen molar-refractivity contribution in [1.82, 2.24) is 5.32 Å². The van der Waals surface area contributed by atoms with Gasteiger partial charge in [0.05, 0.1) is 0 Å². The molecule has 0 bridgehead atoms. The average molecular weight is 266 g/mol. The first-order valence-electron chi connectivity index (χ1n) is 4.59. The minimum Gasteiger partial charge on any atom is -1.00 e. The number of rotatable bonds is 6. The summed E-state index contributed by atoms with van der Waals surface area (Å²) in [7, 11) is 0. The fourth-order valence-electron chi connectivity index (χ4n) is 0.990. The molecule has 1 unspecified atom stereocenters. The number of nitrogens with two attached hydrogens (primary N) is 1. The largest absolute Gasteiger partial charge is 1.00 e. The summed E-state index contributed by atoms with van der Waals surface area (Å²) in [6, 6.07) is -1.53. The summed E-state index contributed by atoms with van der Waals surface area (Å²) in [6.07, 6.45) is -4.31. The zero-order valence-electron chi connectivity index (χ0n) is 10.4. The number of carboxylic acid groups (broad SMARTS) is 1. The van der Waals surface area contributed by atoms with Crippen LogP contribution in [0, 0.1) is 0 Å². The van der Waals surface area contributed by atoms with Crippen molar-refractivity contribution in [3.8, 4) is 0 Å². The van der Waals surface area contributed by atoms with E-state index in [9.17, 15) is 22.8 Å². The molecule has 0 rings (SSSR count). The number of unbranched alkanes of at least 4 members (excludes halogenated alkanes) is 1. The van der Waals surface area contributed by atoms with Gasteiger partial charge < -0.3 is 17.6 Å². The average Bonchev–Trinajstić information content (AvgIpc) is 2.14. The zero-order chi connectivity index (χ0) is 12.8. The van der Waals surface area contributed by atoms with Crippen LogP contribution in [0.4, 0.5) is 13.2 Å². The Morgan fingerprint density at radius 3 is 2.24 bits per heavy atom. The van der Waals surface area contributed by atoms with E-state index in [2.05, 4.69) is 0 Å². The number of hydrogen-bond donors (Lipinski definition) is 3. The SMILES string of the molecule is NCCCCC(NC(=O)C(F)(F)F)C(=O)O.[H-].[Na+]. The summed E-state index contributed by atoms with van der Waals surface area (Å²) >= 11 is 0. The Bertz CT molecular complexity index is 266. The molecule has 96 valence electrons. The number of carboxylic acids is 1. The molecule has 0 radical (unpaired) electrons. The Morgan fingerprint density at radius 2 is 1.88 bits per heavy atom. The van der Waals surface area contributed by atoms with Gasteiger partial charge in [-0.05, 0) is 25.8 Å². The van der Waals surface area contributed by atoms with Crippen LogP contribution in [0.2, 0.25) is 0 Å². The molecule has 0 heterocycles. The van der Waals surface area contributed by atoms with Gasteiger partial charge in [-0.1, -0.05) is 0 Å². The number of hydrogen-bond acceptors (Lipinski definition) is 3. The van der Waals surface area contributed by atoms with Gasteiger partial charge in [-0.15, -0.1) is 0 Å². The number of aliphatic carboxylic acids is 1. The minimum atomic E-state index is -5.07. The molecule has 0 aromatic heterocycles. The van der Waals surface area contributed by atoms with Gasteiger partial charge in [0.15, 0.2) is 0 Å². The van der Waals surface area contributed by atoms with E-state index in [0.717, 1.165) is 0 Å². The third-order valence-corrected chi connectivity index (χ3v) is 1.81. The number of amides is 1. The molecule has 0 aromatic carbocycles. The summed E-state index contributed by atoms with van der Waals surface area (Å²) in [4.78, 5) is 21.0. The van der Waals surface area contributed by atoms with E-state index in [0.29, 0.717) is 19.4 Å². The minimum absolute atomic E-state index is 0. The van der Waals surface area contributed by atoms with Gasteiger partial charge in [-0.3, -0.25) is 4.79 Å². The van der Waals surface area contributed by atoms with Crippen molar-refractivity contribution < 1.29 is 58.9 Å². The van der Waals surface area contributed by atoms with Gasteiger partial charge in [0.1, 0.15) is 6.04 Å². The molecular weight excluding hydrogens is 252 g/mol. The monoisotopic (exact) mass is 266 g/mol. The van der Waals surface area contributed by atoms with Crippen molar-refractivity contribution in [2.75, 3.05) is 6.54 Å². The Labute approximate surface area is 120 Å². The number of carbonyl (C=O) groups excluding carboxylic acids is 1. The van der Waals surface area contributed by atoms with Crippen molar-refractivity contribution in [2.24, 2.45) is 5.73 Å². The zero-order valence-corrected chi connectivity index (χ0v) is 11.4. The van der Waals surface area contributed by atoms with Crippen LogP contribution in [0.5, 0.6) is 0 Å². The second-order valence-corrected chi connectivity index (χ2v) is 3.15. The van der Waals surface area contributed by atoms with E-state index >= 15 is 0 Å². The number of alkyl halides is 3. The van der Waals surface area contributed by atoms with Gasteiger partial charge in [0.2, 0.25) is 0 Å². The van der Waals surface area contributed by atoms with Crippen LogP contribution in [-0.2, 0) is 9.59 Å². The Morgan fingerprint density at radius 1 is 1.35 bits per heavy atom. The number of halogens is 3. The maximum Gasteiger partial charge on any atom is 1.00 e. The molecule has 1 amide bonds. The normalized spacial score (nSPS) is 12.5. The molecule has 0 saturated heterocycles. The molecule has 0 aromatic rings. The van der Waals surface area contributed by atoms with Gasteiger partial charge in [-0.25, -0.2) is 4.79 Å². The maximum absolute atomic E-state index is 11.8. The molecule has 0 saturated carbocycles. The molecule has 1 atom stereocenters. The van der Waals surface area contributed by atoms with Crippen LogP contribution in [0.1, 0.15) is 20.7 Å². The quantitative estimate of drug-likeness (QED) is 0.362. The summed E-state index contributed by atoms with van der Waals surface area (Å²) < 4.78 is 35.5. The predicted molar refractivity (Wildman–Crippen MR) is 49.6 cm³/mol. The topological polar surface area (TPSA) is 92.4 Å². The number of nitrogens with one attached hydrogen (secondary N) is 1. The molecule has 17 heavy (non-hydrogen) atoms. The molecule has 0 aliphatic heterocycles. The fraction of sp³-hybridized carbons (Fsp3) is 0.750. The van der Waals surface area contributed by atoms with Crippen LogP contribution < -0.4 is 40.6 Å². The molecule has 9 heteroatoms. The predicted octanol–water partition coefficient (Wildman–Crippen LogP) is -2.64. The first-order valence-corrected chi connectivity index (χ1v) is 4.59. The third kappa shape index (κ3) is 8.42. The summed E-state index contributed by atoms with van der Waals surface area (Å²) in [5.74, 6) is -3.73. The first-order chi connectivity index (χ1) is 7.29. The van der Waals surface area contributed by atoms with Gasteiger partial charge in [-0.2, -0.15) is 13.2 Å². The van der Waals surface area contributed by atoms with Crippen molar-refractivity contribution in [2.45, 2.75) is 31.5 Å². The van der Waals surface area contributed by atoms with Gasteiger partial charge >= 0.3 is 47.6 Å². The number of carbonyl (C=O) groups is 2. The van der Waals surface area contributed by atoms with E-state index in [1.54, 1.807) is 0 Å². The Balaban J connectivity index is -0.00000112. The van der Waals surface area contributed by atoms with Crippen LogP contribution in [-0.4, -0.2) is 35.7 Å². The Hall–Kier alpha value is -0.310. The van der Waals surface area contributed by atoms with E-state index in [4.69, 9.17) is 10.8 Å². The molecule has 0 spiro atoms. The third-order valence-electron chi connectivity index (χ3n) is 1.81. The molecule has 5 nitrogen and oxygen atoms in total. The molecular formula is C8H14F3N2NaO3. The van der Waals surface area contributed by atoms with Crippen LogP contribution in [0.3, 0.4) is 0 Å². The van der Waals surface area contributed by atoms with E-state index in [1.165, 1.54) is 5.32 Å². The summed E-state index contributed by atoms with van der Waals surface area (Å²) in [6.45, 7) is 0.319. The Kier molecular flexibility index (Phi) is 9.78. The van der Waals surface area contributed by atoms with Crippen molar-refractivity contribution in [3.63, 3.8) is 0 Å². The fourth-order valence-corrected chi connectivity index (χ4v) is 0.990. The molecule has 0 aliphatic carbocycles. The second-order valence-electron chi connectivity index (χ2n) is 3.15. The second kappa shape index (κ2) is 8.73. The standard InChI is InChI=1S/C8H13F3N2O3.Na.H/c9-8(10,11)7(16)13-5(6(14)15)3-1-2-4-12;;/h5H,1-4,12H2,(H,13,16)(H,14,15);;/q;+1;-1. The summed E-state index contributed by atoms with van der Waals surface area (Å²) in [5, 5.41) is 9.98. The van der Waals surface area contributed by atoms with Crippen molar-refractivity contribution in [3.05, 3.63) is 0 Å². The van der Waals surface area contributed by atoms with Crippen LogP contribution >= 0.6 is 0 Å². The molecule has 4 N–H and O–H groups in total. The van der Waals surface area contributed by atoms with Crippen LogP contribution in [0.15, 0.2) is 0 Å². The van der Waals surface area contributed by atoms with Crippen LogP contribution in [0.25, 0.3) is 0 Å². The molecule has 0 fully saturated rings. The maximum atomic E-state index is 11.8.